The molecule has 0 amide bonds. The van der Waals surface area contributed by atoms with Gasteiger partial charge in [-0.05, 0) is 31.5 Å². The predicted octanol–water partition coefficient (Wildman–Crippen LogP) is 2.18. The second-order valence-corrected chi connectivity index (χ2v) is 3.65. The van der Waals surface area contributed by atoms with Gasteiger partial charge in [0, 0.05) is 19.4 Å². The minimum Gasteiger partial charge on any atom is -0.337 e. The Bertz CT molecular complexity index is 473. The van der Waals surface area contributed by atoms with Gasteiger partial charge in [-0.2, -0.15) is 5.10 Å². The molecule has 2 aromatic heterocycles. The van der Waals surface area contributed by atoms with Gasteiger partial charge in [0.1, 0.15) is 5.82 Å². The molecule has 2 heterocycles. The first-order valence-electron chi connectivity index (χ1n) is 4.85. The molecule has 0 saturated carbocycles. The van der Waals surface area contributed by atoms with Gasteiger partial charge in [-0.1, -0.05) is 0 Å². The van der Waals surface area contributed by atoms with Crippen LogP contribution in [0, 0.1) is 13.8 Å². The quantitative estimate of drug-likeness (QED) is 0.811. The minimum atomic E-state index is 0.853. The Kier molecular flexibility index (Phi) is 2.41. The summed E-state index contributed by atoms with van der Waals surface area (Å²) in [6.45, 7) is 4.01. The van der Waals surface area contributed by atoms with Crippen molar-refractivity contribution in [1.29, 1.82) is 0 Å². The Labute approximate surface area is 89.0 Å². The average Bonchev–Trinajstić information content (AvgIpc) is 2.45. The normalized spacial score (nSPS) is 10.3. The maximum absolute atomic E-state index is 4.26. The van der Waals surface area contributed by atoms with Gasteiger partial charge in [-0.3, -0.25) is 4.68 Å². The van der Waals surface area contributed by atoms with E-state index in [1.54, 1.807) is 10.9 Å². The van der Waals surface area contributed by atoms with Crippen LogP contribution in [-0.2, 0) is 7.05 Å². The van der Waals surface area contributed by atoms with E-state index < -0.39 is 0 Å². The molecule has 0 bridgehead atoms. The molecule has 0 atom stereocenters. The molecule has 4 nitrogen and oxygen atoms in total. The number of anilines is 2. The summed E-state index contributed by atoms with van der Waals surface area (Å²) in [6, 6.07) is 3.98. The van der Waals surface area contributed by atoms with Gasteiger partial charge in [-0.15, -0.1) is 0 Å². The first kappa shape index (κ1) is 9.71. The fourth-order valence-corrected chi connectivity index (χ4v) is 1.46. The van der Waals surface area contributed by atoms with E-state index >= 15 is 0 Å². The van der Waals surface area contributed by atoms with Crippen molar-refractivity contribution >= 4 is 11.5 Å². The second kappa shape index (κ2) is 3.73. The lowest BCUT2D eigenvalue weighted by Gasteiger charge is -2.03. The molecule has 0 aliphatic carbocycles. The first-order valence-corrected chi connectivity index (χ1v) is 4.85. The van der Waals surface area contributed by atoms with Gasteiger partial charge < -0.3 is 5.32 Å². The average molecular weight is 202 g/mol. The molecule has 15 heavy (non-hydrogen) atoms. The summed E-state index contributed by atoms with van der Waals surface area (Å²) in [5.74, 6) is 0.853. The van der Waals surface area contributed by atoms with Crippen molar-refractivity contribution in [1.82, 2.24) is 14.8 Å². The zero-order valence-corrected chi connectivity index (χ0v) is 9.15. The van der Waals surface area contributed by atoms with Crippen molar-refractivity contribution in [2.24, 2.45) is 7.05 Å². The molecule has 0 aromatic carbocycles. The molecule has 0 aliphatic rings. The molecule has 0 saturated heterocycles. The highest BCUT2D eigenvalue weighted by Crippen LogP contribution is 2.17. The minimum absolute atomic E-state index is 0.853. The molecule has 0 aliphatic heterocycles. The molecule has 0 fully saturated rings. The Morgan fingerprint density at radius 2 is 2.13 bits per heavy atom. The van der Waals surface area contributed by atoms with Gasteiger partial charge in [-0.25, -0.2) is 4.98 Å². The van der Waals surface area contributed by atoms with Gasteiger partial charge in [0.2, 0.25) is 0 Å². The first-order chi connectivity index (χ1) is 7.15. The zero-order chi connectivity index (χ0) is 10.8. The number of hydrogen-bond acceptors (Lipinski definition) is 3. The number of rotatable bonds is 2. The molecular weight excluding hydrogens is 188 g/mol. The van der Waals surface area contributed by atoms with Crippen LogP contribution >= 0.6 is 0 Å². The Morgan fingerprint density at radius 1 is 1.33 bits per heavy atom. The summed E-state index contributed by atoms with van der Waals surface area (Å²) in [7, 11) is 1.90. The topological polar surface area (TPSA) is 42.7 Å². The molecule has 0 spiro atoms. The highest BCUT2D eigenvalue weighted by molar-refractivity contribution is 5.57. The number of nitrogens with zero attached hydrogens (tertiary/aromatic N) is 3. The molecule has 78 valence electrons. The Hall–Kier alpha value is -1.84. The summed E-state index contributed by atoms with van der Waals surface area (Å²) in [4.78, 5) is 4.24. The van der Waals surface area contributed by atoms with Gasteiger partial charge >= 0.3 is 0 Å². The lowest BCUT2D eigenvalue weighted by Crippen LogP contribution is -1.93. The van der Waals surface area contributed by atoms with Crippen LogP contribution in [0.25, 0.3) is 0 Å². The van der Waals surface area contributed by atoms with Crippen molar-refractivity contribution in [2.45, 2.75) is 13.8 Å². The van der Waals surface area contributed by atoms with Crippen LogP contribution in [0.5, 0.6) is 0 Å². The van der Waals surface area contributed by atoms with Crippen molar-refractivity contribution in [2.75, 3.05) is 5.32 Å². The predicted molar refractivity (Wildman–Crippen MR) is 60.2 cm³/mol. The van der Waals surface area contributed by atoms with Crippen molar-refractivity contribution in [3.63, 3.8) is 0 Å². The van der Waals surface area contributed by atoms with Crippen LogP contribution in [0.2, 0.25) is 0 Å². The van der Waals surface area contributed by atoms with Crippen molar-refractivity contribution in [3.05, 3.63) is 35.8 Å². The van der Waals surface area contributed by atoms with Crippen molar-refractivity contribution in [3.8, 4) is 0 Å². The molecule has 1 N–H and O–H groups in total. The number of nitrogens with one attached hydrogen (secondary N) is 1. The molecule has 0 unspecified atom stereocenters. The fourth-order valence-electron chi connectivity index (χ4n) is 1.46. The zero-order valence-electron chi connectivity index (χ0n) is 9.15. The van der Waals surface area contributed by atoms with Crippen LogP contribution < -0.4 is 5.32 Å². The molecule has 4 heteroatoms. The number of pyridine rings is 1. The molecular formula is C11H14N4. The molecule has 2 rings (SSSR count). The van der Waals surface area contributed by atoms with Gasteiger partial charge in [0.25, 0.3) is 0 Å². The standard InChI is InChI=1S/C11H14N4/c1-8-4-5-12-11(6-8)13-10-7-15(3)14-9(10)2/h4-7H,1-3H3,(H,12,13). The van der Waals surface area contributed by atoms with E-state index in [9.17, 15) is 0 Å². The van der Waals surface area contributed by atoms with Crippen LogP contribution in [0.15, 0.2) is 24.5 Å². The summed E-state index contributed by atoms with van der Waals surface area (Å²) >= 11 is 0. The van der Waals surface area contributed by atoms with E-state index in [-0.39, 0.29) is 0 Å². The number of aryl methyl sites for hydroxylation is 3. The summed E-state index contributed by atoms with van der Waals surface area (Å²) in [6.07, 6.45) is 3.74. The SMILES string of the molecule is Cc1ccnc(Nc2cn(C)nc2C)c1. The third-order valence-corrected chi connectivity index (χ3v) is 2.19. The van der Waals surface area contributed by atoms with Crippen LogP contribution in [0.4, 0.5) is 11.5 Å². The van der Waals surface area contributed by atoms with Gasteiger partial charge in [0.05, 0.1) is 11.4 Å². The highest BCUT2D eigenvalue weighted by atomic mass is 15.3. The maximum Gasteiger partial charge on any atom is 0.130 e. The number of hydrogen-bond donors (Lipinski definition) is 1. The van der Waals surface area contributed by atoms with Gasteiger partial charge in [0.15, 0.2) is 0 Å². The lowest BCUT2D eigenvalue weighted by atomic mass is 10.3. The maximum atomic E-state index is 4.26. The molecule has 0 radical (unpaired) electrons. The Morgan fingerprint density at radius 3 is 2.73 bits per heavy atom. The van der Waals surface area contributed by atoms with E-state index in [1.165, 1.54) is 5.56 Å². The third kappa shape index (κ3) is 2.15. The largest absolute Gasteiger partial charge is 0.337 e. The highest BCUT2D eigenvalue weighted by Gasteiger charge is 2.03. The van der Waals surface area contributed by atoms with Crippen molar-refractivity contribution < 1.29 is 0 Å². The van der Waals surface area contributed by atoms with Crippen LogP contribution in [0.1, 0.15) is 11.3 Å². The van der Waals surface area contributed by atoms with E-state index in [0.717, 1.165) is 17.2 Å². The van der Waals surface area contributed by atoms with E-state index in [4.69, 9.17) is 0 Å². The third-order valence-electron chi connectivity index (χ3n) is 2.19. The second-order valence-electron chi connectivity index (χ2n) is 3.65. The summed E-state index contributed by atoms with van der Waals surface area (Å²) in [5, 5.41) is 7.50. The Balaban J connectivity index is 2.25. The lowest BCUT2D eigenvalue weighted by molar-refractivity contribution is 0.756. The van der Waals surface area contributed by atoms with Crippen LogP contribution in [-0.4, -0.2) is 14.8 Å². The monoisotopic (exact) mass is 202 g/mol. The van der Waals surface area contributed by atoms with E-state index in [1.807, 2.05) is 39.2 Å². The number of aromatic nitrogens is 3. The van der Waals surface area contributed by atoms with E-state index in [2.05, 4.69) is 15.4 Å². The summed E-state index contributed by atoms with van der Waals surface area (Å²) < 4.78 is 1.79. The summed E-state index contributed by atoms with van der Waals surface area (Å²) in [5.41, 5.74) is 3.16. The smallest absolute Gasteiger partial charge is 0.130 e. The van der Waals surface area contributed by atoms with Crippen LogP contribution in [0.3, 0.4) is 0 Å². The fraction of sp³-hybridized carbons (Fsp3) is 0.273. The van der Waals surface area contributed by atoms with E-state index in [0.29, 0.717) is 0 Å². The molecule has 2 aromatic rings.